The molecule has 0 aliphatic heterocycles. The normalized spacial score (nSPS) is 12.1. The van der Waals surface area contributed by atoms with Crippen LogP contribution in [0.4, 0.5) is 4.79 Å². The topological polar surface area (TPSA) is 75.3 Å². The van der Waals surface area contributed by atoms with Gasteiger partial charge in [-0.1, -0.05) is 43.1 Å². The van der Waals surface area contributed by atoms with Crippen LogP contribution in [0.1, 0.15) is 78.3 Å². The van der Waals surface area contributed by atoms with Crippen molar-refractivity contribution in [3.05, 3.63) is 28.5 Å². The lowest BCUT2D eigenvalue weighted by atomic mass is 10.1. The molecule has 0 bridgehead atoms. The molecule has 1 unspecified atom stereocenters. The number of aromatic amines is 1. The van der Waals surface area contributed by atoms with Gasteiger partial charge in [0.15, 0.2) is 11.6 Å². The Morgan fingerprint density at radius 3 is 2.43 bits per heavy atom. The Balaban J connectivity index is 0.000000308. The molecule has 0 aliphatic rings. The van der Waals surface area contributed by atoms with Crippen LogP contribution in [0, 0.1) is 5.92 Å². The van der Waals surface area contributed by atoms with Crippen LogP contribution in [-0.4, -0.2) is 45.4 Å². The highest BCUT2D eigenvalue weighted by Crippen LogP contribution is 2.17. The summed E-state index contributed by atoms with van der Waals surface area (Å²) >= 11 is 3.35. The maximum atomic E-state index is 12.0. The monoisotopic (exact) mass is 481 g/mol. The average Bonchev–Trinajstić information content (AvgIpc) is 3.07. The second kappa shape index (κ2) is 12.1. The van der Waals surface area contributed by atoms with Crippen molar-refractivity contribution in [2.45, 2.75) is 73.3 Å². The summed E-state index contributed by atoms with van der Waals surface area (Å²) in [6, 6.07) is 5.66. The zero-order valence-electron chi connectivity index (χ0n) is 19.3. The summed E-state index contributed by atoms with van der Waals surface area (Å²) in [7, 11) is 0. The number of carbonyl (C=O) groups excluding carboxylic acids is 2. The number of hydrogen-bond acceptors (Lipinski definition) is 4. The average molecular weight is 482 g/mol. The summed E-state index contributed by atoms with van der Waals surface area (Å²) in [4.78, 5) is 31.9. The molecular weight excluding hydrogens is 446 g/mol. The van der Waals surface area contributed by atoms with E-state index in [1.54, 1.807) is 0 Å². The largest absolute Gasteiger partial charge is 0.444 e. The smallest absolute Gasteiger partial charge is 0.410 e. The van der Waals surface area contributed by atoms with E-state index in [0.29, 0.717) is 11.7 Å². The highest BCUT2D eigenvalue weighted by atomic mass is 79.9. The van der Waals surface area contributed by atoms with Gasteiger partial charge in [-0.2, -0.15) is 0 Å². The van der Waals surface area contributed by atoms with Gasteiger partial charge in [-0.05, 0) is 57.7 Å². The molecule has 7 heteroatoms. The zero-order valence-corrected chi connectivity index (χ0v) is 20.9. The number of carbonyl (C=O) groups is 2. The first-order valence-electron chi connectivity index (χ1n) is 10.6. The van der Waals surface area contributed by atoms with Crippen molar-refractivity contribution in [2.75, 3.05) is 13.1 Å². The van der Waals surface area contributed by atoms with E-state index in [4.69, 9.17) is 4.74 Å². The third kappa shape index (κ3) is 9.28. The Kier molecular flexibility index (Phi) is 10.5. The molecule has 1 aromatic heterocycles. The first-order chi connectivity index (χ1) is 14.0. The predicted octanol–water partition coefficient (Wildman–Crippen LogP) is 6.60. The molecule has 0 saturated carbocycles. The maximum absolute atomic E-state index is 12.0. The van der Waals surface area contributed by atoms with Crippen molar-refractivity contribution in [1.82, 2.24) is 14.9 Å². The van der Waals surface area contributed by atoms with Crippen molar-refractivity contribution >= 4 is 38.8 Å². The Morgan fingerprint density at radius 1 is 1.23 bits per heavy atom. The Hall–Kier alpha value is -1.89. The molecule has 0 saturated heterocycles. The summed E-state index contributed by atoms with van der Waals surface area (Å²) in [5.74, 6) is 1.03. The number of rotatable bonds is 7. The van der Waals surface area contributed by atoms with Gasteiger partial charge in [0.05, 0.1) is 11.0 Å². The first-order valence-corrected chi connectivity index (χ1v) is 11.4. The van der Waals surface area contributed by atoms with Crippen molar-refractivity contribution in [3.63, 3.8) is 0 Å². The van der Waals surface area contributed by atoms with Crippen LogP contribution in [0.5, 0.6) is 0 Å². The van der Waals surface area contributed by atoms with Gasteiger partial charge < -0.3 is 14.6 Å². The standard InChI is InChI=1S/C14H29NO2.C9H7BrN2O/c1-7-10-15(11-9-12(3)8-2)13(16)17-14(4,5)6;1-5(13)9-11-7-3-2-6(10)4-8(7)12-9/h12H,7-11H2,1-6H3;2-4H,1H3,(H,11,12). The summed E-state index contributed by atoms with van der Waals surface area (Å²) in [5.41, 5.74) is 1.28. The summed E-state index contributed by atoms with van der Waals surface area (Å²) < 4.78 is 6.38. The number of imidazole rings is 1. The number of ether oxygens (including phenoxy) is 1. The molecule has 1 amide bonds. The number of aromatic nitrogens is 2. The van der Waals surface area contributed by atoms with Gasteiger partial charge in [-0.25, -0.2) is 9.78 Å². The van der Waals surface area contributed by atoms with E-state index in [-0.39, 0.29) is 11.9 Å². The number of nitrogens with one attached hydrogen (secondary N) is 1. The molecule has 168 valence electrons. The summed E-state index contributed by atoms with van der Waals surface area (Å²) in [6.07, 6.45) is 3.01. The highest BCUT2D eigenvalue weighted by molar-refractivity contribution is 9.10. The number of fused-ring (bicyclic) bond motifs is 1. The van der Waals surface area contributed by atoms with E-state index in [0.717, 1.165) is 47.9 Å². The molecule has 2 rings (SSSR count). The molecule has 30 heavy (non-hydrogen) atoms. The molecule has 0 spiro atoms. The molecule has 0 fully saturated rings. The molecule has 1 aromatic carbocycles. The lowest BCUT2D eigenvalue weighted by Crippen LogP contribution is -2.38. The SMILES string of the molecule is CC(=O)c1nc2ccc(Br)cc2[nH]1.CCCN(CCC(C)CC)C(=O)OC(C)(C)C. The number of ketones is 1. The third-order valence-electron chi connectivity index (χ3n) is 4.51. The minimum atomic E-state index is -0.403. The van der Waals surface area contributed by atoms with E-state index in [2.05, 4.69) is 46.7 Å². The second-order valence-corrected chi connectivity index (χ2v) is 9.49. The number of hydrogen-bond donors (Lipinski definition) is 1. The fraction of sp³-hybridized carbons (Fsp3) is 0.609. The minimum Gasteiger partial charge on any atom is -0.444 e. The molecule has 0 radical (unpaired) electrons. The van der Waals surface area contributed by atoms with Crippen molar-refractivity contribution < 1.29 is 14.3 Å². The van der Waals surface area contributed by atoms with E-state index in [9.17, 15) is 9.59 Å². The minimum absolute atomic E-state index is 0.0488. The Morgan fingerprint density at radius 2 is 1.90 bits per heavy atom. The second-order valence-electron chi connectivity index (χ2n) is 8.57. The fourth-order valence-electron chi connectivity index (χ4n) is 2.62. The van der Waals surface area contributed by atoms with Gasteiger partial charge in [-0.3, -0.25) is 4.79 Å². The van der Waals surface area contributed by atoms with E-state index in [1.807, 2.05) is 43.9 Å². The molecule has 2 aromatic rings. The summed E-state index contributed by atoms with van der Waals surface area (Å²) in [6.45, 7) is 15.3. The van der Waals surface area contributed by atoms with Crippen LogP contribution in [-0.2, 0) is 4.74 Å². The van der Waals surface area contributed by atoms with E-state index < -0.39 is 5.60 Å². The van der Waals surface area contributed by atoms with Crippen molar-refractivity contribution in [2.24, 2.45) is 5.92 Å². The lowest BCUT2D eigenvalue weighted by Gasteiger charge is -2.27. The third-order valence-corrected chi connectivity index (χ3v) is 5.00. The van der Waals surface area contributed by atoms with Crippen LogP contribution in [0.25, 0.3) is 11.0 Å². The molecule has 1 atom stereocenters. The van der Waals surface area contributed by atoms with Gasteiger partial charge >= 0.3 is 6.09 Å². The number of amides is 1. The molecule has 1 N–H and O–H groups in total. The van der Waals surface area contributed by atoms with Crippen molar-refractivity contribution in [3.8, 4) is 0 Å². The molecular formula is C23H36BrN3O3. The van der Waals surface area contributed by atoms with Crippen LogP contribution in [0.3, 0.4) is 0 Å². The lowest BCUT2D eigenvalue weighted by molar-refractivity contribution is 0.0241. The van der Waals surface area contributed by atoms with Gasteiger partial charge in [0.2, 0.25) is 0 Å². The number of Topliss-reactive ketones (excluding diaryl/α,β-unsaturated/α-hetero) is 1. The summed E-state index contributed by atoms with van der Waals surface area (Å²) in [5, 5.41) is 0. The van der Waals surface area contributed by atoms with Gasteiger partial charge in [0, 0.05) is 24.5 Å². The van der Waals surface area contributed by atoms with Crippen LogP contribution < -0.4 is 0 Å². The molecule has 1 heterocycles. The number of halogens is 1. The van der Waals surface area contributed by atoms with Gasteiger partial charge in [0.25, 0.3) is 0 Å². The molecule has 6 nitrogen and oxygen atoms in total. The van der Waals surface area contributed by atoms with Crippen LogP contribution in [0.15, 0.2) is 22.7 Å². The Bertz CT molecular complexity index is 827. The first kappa shape index (κ1) is 26.1. The number of benzene rings is 1. The maximum Gasteiger partial charge on any atom is 0.410 e. The quantitative estimate of drug-likeness (QED) is 0.452. The predicted molar refractivity (Wildman–Crippen MR) is 126 cm³/mol. The Labute approximate surface area is 188 Å². The fourth-order valence-corrected chi connectivity index (χ4v) is 2.98. The highest BCUT2D eigenvalue weighted by Gasteiger charge is 2.21. The molecule has 0 aliphatic carbocycles. The van der Waals surface area contributed by atoms with Crippen molar-refractivity contribution in [1.29, 1.82) is 0 Å². The van der Waals surface area contributed by atoms with E-state index in [1.165, 1.54) is 6.92 Å². The van der Waals surface area contributed by atoms with Crippen LogP contribution >= 0.6 is 15.9 Å². The van der Waals surface area contributed by atoms with Crippen LogP contribution in [0.2, 0.25) is 0 Å². The zero-order chi connectivity index (χ0) is 22.9. The number of nitrogens with zero attached hydrogens (tertiary/aromatic N) is 2. The number of H-pyrrole nitrogens is 1. The van der Waals surface area contributed by atoms with E-state index >= 15 is 0 Å². The van der Waals surface area contributed by atoms with Gasteiger partial charge in [0.1, 0.15) is 5.60 Å². The van der Waals surface area contributed by atoms with Gasteiger partial charge in [-0.15, -0.1) is 0 Å².